The number of rotatable bonds is 4. The fraction of sp³-hybridized carbons (Fsp3) is 0.316. The lowest BCUT2D eigenvalue weighted by Crippen LogP contribution is -2.32. The van der Waals surface area contributed by atoms with E-state index in [1.54, 1.807) is 18.2 Å². The Morgan fingerprint density at radius 2 is 1.52 bits per heavy atom. The number of benzene rings is 2. The number of hydrogen-bond donors (Lipinski definition) is 0. The molecule has 6 heteroatoms. The van der Waals surface area contributed by atoms with Gasteiger partial charge in [-0.25, -0.2) is 0 Å². The van der Waals surface area contributed by atoms with Crippen LogP contribution in [0, 0.1) is 10.1 Å². The molecular formula is C19H20N2O3S. The van der Waals surface area contributed by atoms with Crippen LogP contribution in [-0.2, 0) is 0 Å². The second kappa shape index (κ2) is 8.16. The predicted octanol–water partition coefficient (Wildman–Crippen LogP) is 4.76. The summed E-state index contributed by atoms with van der Waals surface area (Å²) in [4.78, 5) is 27.0. The summed E-state index contributed by atoms with van der Waals surface area (Å²) in [6, 6.07) is 14.0. The maximum atomic E-state index is 13.0. The molecule has 1 heterocycles. The maximum absolute atomic E-state index is 13.0. The number of carbonyl (C=O) groups is 1. The molecule has 2 aromatic rings. The van der Waals surface area contributed by atoms with Gasteiger partial charge in [0.05, 0.1) is 15.4 Å². The molecule has 25 heavy (non-hydrogen) atoms. The SMILES string of the molecule is O=C(c1ccccc1Sc1ccccc1[N+](=O)[O-])N1CCCCCC1. The summed E-state index contributed by atoms with van der Waals surface area (Å²) < 4.78 is 0. The first-order valence-corrected chi connectivity index (χ1v) is 9.28. The van der Waals surface area contributed by atoms with E-state index >= 15 is 0 Å². The fourth-order valence-corrected chi connectivity index (χ4v) is 4.03. The Labute approximate surface area is 151 Å². The summed E-state index contributed by atoms with van der Waals surface area (Å²) in [6.07, 6.45) is 4.39. The standard InChI is InChI=1S/C19H20N2O3S/c22-19(20-13-7-1-2-8-14-20)15-9-3-5-11-17(15)25-18-12-6-4-10-16(18)21(23)24/h3-6,9-12H,1-2,7-8,13-14H2. The van der Waals surface area contributed by atoms with E-state index in [0.717, 1.165) is 43.7 Å². The van der Waals surface area contributed by atoms with Gasteiger partial charge < -0.3 is 4.90 Å². The van der Waals surface area contributed by atoms with Gasteiger partial charge in [0.15, 0.2) is 0 Å². The molecule has 0 unspecified atom stereocenters. The molecule has 0 bridgehead atoms. The molecule has 1 saturated heterocycles. The Balaban J connectivity index is 1.89. The van der Waals surface area contributed by atoms with Crippen LogP contribution in [0.3, 0.4) is 0 Å². The van der Waals surface area contributed by atoms with Crippen LogP contribution in [0.1, 0.15) is 36.0 Å². The molecule has 1 amide bonds. The number of nitro benzene ring substituents is 1. The summed E-state index contributed by atoms with van der Waals surface area (Å²) in [6.45, 7) is 1.56. The Bertz CT molecular complexity index is 771. The Hall–Kier alpha value is -2.34. The van der Waals surface area contributed by atoms with E-state index in [1.807, 2.05) is 29.2 Å². The molecule has 1 fully saturated rings. The molecule has 1 aliphatic heterocycles. The molecule has 2 aromatic carbocycles. The van der Waals surface area contributed by atoms with Crippen molar-refractivity contribution in [2.45, 2.75) is 35.5 Å². The number of nitrogens with zero attached hydrogens (tertiary/aromatic N) is 2. The average Bonchev–Trinajstić information content (AvgIpc) is 2.91. The highest BCUT2D eigenvalue weighted by Gasteiger charge is 2.22. The molecule has 1 aliphatic rings. The van der Waals surface area contributed by atoms with Gasteiger partial charge in [-0.1, -0.05) is 48.9 Å². The van der Waals surface area contributed by atoms with Gasteiger partial charge in [-0.2, -0.15) is 0 Å². The summed E-state index contributed by atoms with van der Waals surface area (Å²) in [7, 11) is 0. The number of likely N-dealkylation sites (tertiary alicyclic amines) is 1. The van der Waals surface area contributed by atoms with Gasteiger partial charge in [0, 0.05) is 24.1 Å². The number of hydrogen-bond acceptors (Lipinski definition) is 4. The molecule has 0 atom stereocenters. The van der Waals surface area contributed by atoms with Gasteiger partial charge in [0.2, 0.25) is 0 Å². The summed E-state index contributed by atoms with van der Waals surface area (Å²) in [5.74, 6) is 0.0172. The molecule has 0 N–H and O–H groups in total. The molecule has 0 aliphatic carbocycles. The minimum absolute atomic E-state index is 0.0172. The van der Waals surface area contributed by atoms with Crippen molar-refractivity contribution in [1.29, 1.82) is 0 Å². The third-order valence-corrected chi connectivity index (χ3v) is 5.43. The lowest BCUT2D eigenvalue weighted by Gasteiger charge is -2.21. The Kier molecular flexibility index (Phi) is 5.71. The largest absolute Gasteiger partial charge is 0.339 e. The Morgan fingerprint density at radius 3 is 2.20 bits per heavy atom. The minimum Gasteiger partial charge on any atom is -0.339 e. The highest BCUT2D eigenvalue weighted by molar-refractivity contribution is 7.99. The van der Waals surface area contributed by atoms with E-state index in [-0.39, 0.29) is 16.5 Å². The number of para-hydroxylation sites is 1. The average molecular weight is 356 g/mol. The molecule has 0 aromatic heterocycles. The van der Waals surface area contributed by atoms with Crippen LogP contribution in [0.25, 0.3) is 0 Å². The van der Waals surface area contributed by atoms with Crippen molar-refractivity contribution < 1.29 is 9.72 Å². The fourth-order valence-electron chi connectivity index (χ4n) is 2.99. The summed E-state index contributed by atoms with van der Waals surface area (Å²) >= 11 is 1.28. The lowest BCUT2D eigenvalue weighted by atomic mass is 10.2. The zero-order valence-corrected chi connectivity index (χ0v) is 14.7. The van der Waals surface area contributed by atoms with Gasteiger partial charge in [-0.15, -0.1) is 0 Å². The number of carbonyl (C=O) groups excluding carboxylic acids is 1. The molecule has 130 valence electrons. The molecule has 0 saturated carbocycles. The second-order valence-corrected chi connectivity index (χ2v) is 7.11. The minimum atomic E-state index is -0.387. The molecule has 5 nitrogen and oxygen atoms in total. The maximum Gasteiger partial charge on any atom is 0.283 e. The van der Waals surface area contributed by atoms with Gasteiger partial charge in [-0.05, 0) is 31.0 Å². The molecule has 0 spiro atoms. The summed E-state index contributed by atoms with van der Waals surface area (Å²) in [5.41, 5.74) is 0.678. The van der Waals surface area contributed by atoms with E-state index in [4.69, 9.17) is 0 Å². The number of amides is 1. The van der Waals surface area contributed by atoms with E-state index in [0.29, 0.717) is 10.5 Å². The van der Waals surface area contributed by atoms with E-state index < -0.39 is 0 Å². The number of nitro groups is 1. The van der Waals surface area contributed by atoms with Crippen molar-refractivity contribution in [2.75, 3.05) is 13.1 Å². The third-order valence-electron chi connectivity index (χ3n) is 4.29. The van der Waals surface area contributed by atoms with Crippen LogP contribution in [0.15, 0.2) is 58.3 Å². The van der Waals surface area contributed by atoms with Crippen LogP contribution < -0.4 is 0 Å². The van der Waals surface area contributed by atoms with Crippen molar-refractivity contribution in [2.24, 2.45) is 0 Å². The quantitative estimate of drug-likeness (QED) is 0.585. The molecular weight excluding hydrogens is 336 g/mol. The van der Waals surface area contributed by atoms with E-state index in [9.17, 15) is 14.9 Å². The normalized spacial score (nSPS) is 14.8. The van der Waals surface area contributed by atoms with Crippen LogP contribution >= 0.6 is 11.8 Å². The highest BCUT2D eigenvalue weighted by atomic mass is 32.2. The second-order valence-electron chi connectivity index (χ2n) is 6.03. The van der Waals surface area contributed by atoms with Crippen molar-refractivity contribution >= 4 is 23.4 Å². The zero-order chi connectivity index (χ0) is 17.6. The third kappa shape index (κ3) is 4.20. The van der Waals surface area contributed by atoms with Crippen molar-refractivity contribution in [3.05, 3.63) is 64.2 Å². The van der Waals surface area contributed by atoms with E-state index in [2.05, 4.69) is 0 Å². The first-order valence-electron chi connectivity index (χ1n) is 8.46. The monoisotopic (exact) mass is 356 g/mol. The lowest BCUT2D eigenvalue weighted by molar-refractivity contribution is -0.387. The van der Waals surface area contributed by atoms with Crippen molar-refractivity contribution in [3.8, 4) is 0 Å². The highest BCUT2D eigenvalue weighted by Crippen LogP contribution is 2.36. The summed E-state index contributed by atoms with van der Waals surface area (Å²) in [5, 5.41) is 11.2. The molecule has 3 rings (SSSR count). The van der Waals surface area contributed by atoms with Gasteiger partial charge >= 0.3 is 0 Å². The predicted molar refractivity (Wildman–Crippen MR) is 98.0 cm³/mol. The van der Waals surface area contributed by atoms with Crippen LogP contribution in [0.4, 0.5) is 5.69 Å². The smallest absolute Gasteiger partial charge is 0.283 e. The van der Waals surface area contributed by atoms with Gasteiger partial charge in [0.25, 0.3) is 11.6 Å². The first-order chi connectivity index (χ1) is 12.2. The van der Waals surface area contributed by atoms with Crippen molar-refractivity contribution in [1.82, 2.24) is 4.90 Å². The van der Waals surface area contributed by atoms with Crippen molar-refractivity contribution in [3.63, 3.8) is 0 Å². The first kappa shape index (κ1) is 17.5. The Morgan fingerprint density at radius 1 is 0.920 bits per heavy atom. The van der Waals surface area contributed by atoms with Gasteiger partial charge in [-0.3, -0.25) is 14.9 Å². The topological polar surface area (TPSA) is 63.4 Å². The molecule has 0 radical (unpaired) electrons. The van der Waals surface area contributed by atoms with E-state index in [1.165, 1.54) is 17.8 Å². The van der Waals surface area contributed by atoms with Crippen LogP contribution in [0.2, 0.25) is 0 Å². The van der Waals surface area contributed by atoms with Gasteiger partial charge in [0.1, 0.15) is 0 Å². The van der Waals surface area contributed by atoms with Crippen LogP contribution in [0.5, 0.6) is 0 Å². The zero-order valence-electron chi connectivity index (χ0n) is 13.9. The van der Waals surface area contributed by atoms with Crippen LogP contribution in [-0.4, -0.2) is 28.8 Å².